The lowest BCUT2D eigenvalue weighted by molar-refractivity contribution is 1.18. The van der Waals surface area contributed by atoms with Crippen molar-refractivity contribution in [3.63, 3.8) is 0 Å². The third-order valence-electron chi connectivity index (χ3n) is 11.6. The van der Waals surface area contributed by atoms with Gasteiger partial charge in [-0.3, -0.25) is 0 Å². The number of para-hydroxylation sites is 3. The number of fused-ring (bicyclic) bond motifs is 5. The van der Waals surface area contributed by atoms with Gasteiger partial charge in [-0.1, -0.05) is 176 Å². The summed E-state index contributed by atoms with van der Waals surface area (Å²) in [7, 11) is 0. The minimum absolute atomic E-state index is 1.09. The summed E-state index contributed by atoms with van der Waals surface area (Å²) >= 11 is 0. The molecule has 0 fully saturated rings. The summed E-state index contributed by atoms with van der Waals surface area (Å²) in [5.74, 6) is 0. The van der Waals surface area contributed by atoms with E-state index in [9.17, 15) is 0 Å². The highest BCUT2D eigenvalue weighted by molar-refractivity contribution is 6.14. The molecule has 0 atom stereocenters. The van der Waals surface area contributed by atoms with E-state index in [2.05, 4.69) is 240 Å². The highest BCUT2D eigenvalue weighted by Crippen LogP contribution is 2.43. The van der Waals surface area contributed by atoms with Crippen LogP contribution in [0.2, 0.25) is 0 Å². The molecule has 58 heavy (non-hydrogen) atoms. The molecule has 1 heterocycles. The molecule has 0 amide bonds. The molecule has 10 aromatic carbocycles. The first kappa shape index (κ1) is 33.6. The van der Waals surface area contributed by atoms with Crippen LogP contribution in [0.1, 0.15) is 0 Å². The highest BCUT2D eigenvalue weighted by atomic mass is 15.1. The molecular formula is C56H38N2. The summed E-state index contributed by atoms with van der Waals surface area (Å²) in [4.78, 5) is 2.39. The molecule has 0 aliphatic rings. The third-order valence-corrected chi connectivity index (χ3v) is 11.6. The van der Waals surface area contributed by atoms with Crippen molar-refractivity contribution in [3.05, 3.63) is 231 Å². The van der Waals surface area contributed by atoms with E-state index in [0.29, 0.717) is 0 Å². The van der Waals surface area contributed by atoms with Crippen molar-refractivity contribution < 1.29 is 0 Å². The lowest BCUT2D eigenvalue weighted by Crippen LogP contribution is -2.11. The third kappa shape index (κ3) is 5.74. The van der Waals surface area contributed by atoms with Gasteiger partial charge in [-0.25, -0.2) is 0 Å². The van der Waals surface area contributed by atoms with E-state index < -0.39 is 0 Å². The number of hydrogen-bond donors (Lipinski definition) is 0. The highest BCUT2D eigenvalue weighted by Gasteiger charge is 2.20. The van der Waals surface area contributed by atoms with Crippen LogP contribution >= 0.6 is 0 Å². The molecule has 0 radical (unpaired) electrons. The fourth-order valence-corrected chi connectivity index (χ4v) is 8.84. The topological polar surface area (TPSA) is 8.17 Å². The standard InChI is InChI=1S/C56H38N2/c1-2-15-40(16-3-1)49-22-8-11-26-53(49)57(45-33-29-41(30-34-45)48-25-14-20-39-17-6-7-21-47(39)48)46-35-31-42(32-36-46)50-23-9-12-27-54(50)58-55-28-13-10-24-51(55)52-37-43-18-4-5-19-44(43)38-56(52)58/h1-38H. The summed E-state index contributed by atoms with van der Waals surface area (Å²) in [6, 6.07) is 83.6. The monoisotopic (exact) mass is 738 g/mol. The maximum atomic E-state index is 2.44. The van der Waals surface area contributed by atoms with Gasteiger partial charge < -0.3 is 9.47 Å². The average Bonchev–Trinajstić information content (AvgIpc) is 3.62. The van der Waals surface area contributed by atoms with Crippen LogP contribution in [0.25, 0.3) is 82.4 Å². The maximum absolute atomic E-state index is 2.44. The predicted molar refractivity (Wildman–Crippen MR) is 247 cm³/mol. The molecule has 1 aromatic heterocycles. The van der Waals surface area contributed by atoms with Crippen molar-refractivity contribution in [2.24, 2.45) is 0 Å². The van der Waals surface area contributed by atoms with Gasteiger partial charge in [-0.2, -0.15) is 0 Å². The summed E-state index contributed by atoms with van der Waals surface area (Å²) in [5, 5.41) is 7.52. The molecular weight excluding hydrogens is 701 g/mol. The Labute approximate surface area is 338 Å². The van der Waals surface area contributed by atoms with Crippen LogP contribution < -0.4 is 4.90 Å². The quantitative estimate of drug-likeness (QED) is 0.158. The molecule has 0 aliphatic heterocycles. The molecule has 2 nitrogen and oxygen atoms in total. The SMILES string of the molecule is c1ccc(-c2ccccc2N(c2ccc(-c3ccccc3-n3c4ccccc4c4cc5ccccc5cc43)cc2)c2ccc(-c3cccc4ccccc34)cc2)cc1. The molecule has 0 bridgehead atoms. The minimum Gasteiger partial charge on any atom is -0.310 e. The van der Waals surface area contributed by atoms with Crippen molar-refractivity contribution in [1.29, 1.82) is 0 Å². The Bertz CT molecular complexity index is 3260. The molecule has 0 spiro atoms. The fourth-order valence-electron chi connectivity index (χ4n) is 8.84. The van der Waals surface area contributed by atoms with E-state index in [1.165, 1.54) is 71.2 Å². The smallest absolute Gasteiger partial charge is 0.0547 e. The predicted octanol–water partition coefficient (Wildman–Crippen LogP) is 15.6. The summed E-state index contributed by atoms with van der Waals surface area (Å²) in [5.41, 5.74) is 14.0. The molecule has 272 valence electrons. The number of benzene rings is 10. The Morgan fingerprint density at radius 1 is 0.293 bits per heavy atom. The van der Waals surface area contributed by atoms with Crippen molar-refractivity contribution in [2.45, 2.75) is 0 Å². The van der Waals surface area contributed by atoms with Gasteiger partial charge in [0.05, 0.1) is 22.4 Å². The van der Waals surface area contributed by atoms with Gasteiger partial charge >= 0.3 is 0 Å². The summed E-state index contributed by atoms with van der Waals surface area (Å²) in [6.45, 7) is 0. The van der Waals surface area contributed by atoms with E-state index in [1.807, 2.05) is 0 Å². The largest absolute Gasteiger partial charge is 0.310 e. The summed E-state index contributed by atoms with van der Waals surface area (Å²) in [6.07, 6.45) is 0. The average molecular weight is 739 g/mol. The van der Waals surface area contributed by atoms with Crippen molar-refractivity contribution in [3.8, 4) is 39.1 Å². The first-order valence-electron chi connectivity index (χ1n) is 19.9. The molecule has 0 aliphatic carbocycles. The fraction of sp³-hybridized carbons (Fsp3) is 0. The number of hydrogen-bond acceptors (Lipinski definition) is 1. The van der Waals surface area contributed by atoms with Crippen molar-refractivity contribution in [1.82, 2.24) is 4.57 Å². The van der Waals surface area contributed by atoms with Crippen molar-refractivity contribution in [2.75, 3.05) is 4.90 Å². The molecule has 0 saturated carbocycles. The number of aromatic nitrogens is 1. The molecule has 0 N–H and O–H groups in total. The van der Waals surface area contributed by atoms with Crippen LogP contribution in [0.3, 0.4) is 0 Å². The number of anilines is 3. The second-order valence-corrected chi connectivity index (χ2v) is 14.9. The Hall–Kier alpha value is -7.68. The van der Waals surface area contributed by atoms with E-state index >= 15 is 0 Å². The lowest BCUT2D eigenvalue weighted by Gasteiger charge is -2.28. The van der Waals surface area contributed by atoms with Gasteiger partial charge in [0, 0.05) is 33.3 Å². The second kappa shape index (κ2) is 14.1. The van der Waals surface area contributed by atoms with E-state index in [1.54, 1.807) is 0 Å². The van der Waals surface area contributed by atoms with Gasteiger partial charge in [-0.15, -0.1) is 0 Å². The molecule has 2 heteroatoms. The Kier molecular flexibility index (Phi) is 8.19. The van der Waals surface area contributed by atoms with Gasteiger partial charge in [-0.05, 0) is 98.4 Å². The zero-order valence-corrected chi connectivity index (χ0v) is 31.8. The van der Waals surface area contributed by atoms with Crippen LogP contribution in [0.15, 0.2) is 231 Å². The second-order valence-electron chi connectivity index (χ2n) is 14.9. The normalized spacial score (nSPS) is 11.4. The number of rotatable bonds is 7. The molecule has 0 saturated heterocycles. The van der Waals surface area contributed by atoms with Gasteiger partial charge in [0.1, 0.15) is 0 Å². The molecule has 0 unspecified atom stereocenters. The Balaban J connectivity index is 1.05. The maximum Gasteiger partial charge on any atom is 0.0547 e. The number of nitrogens with zero attached hydrogens (tertiary/aromatic N) is 2. The van der Waals surface area contributed by atoms with Crippen LogP contribution in [0, 0.1) is 0 Å². The Morgan fingerprint density at radius 3 is 1.57 bits per heavy atom. The molecule has 11 rings (SSSR count). The minimum atomic E-state index is 1.09. The van der Waals surface area contributed by atoms with E-state index in [0.717, 1.165) is 28.3 Å². The van der Waals surface area contributed by atoms with Gasteiger partial charge in [0.2, 0.25) is 0 Å². The van der Waals surface area contributed by atoms with Crippen molar-refractivity contribution >= 4 is 60.4 Å². The van der Waals surface area contributed by atoms with Crippen LogP contribution in [-0.4, -0.2) is 4.57 Å². The first-order chi connectivity index (χ1) is 28.8. The molecule has 11 aromatic rings. The summed E-state index contributed by atoms with van der Waals surface area (Å²) < 4.78 is 2.44. The van der Waals surface area contributed by atoms with Crippen LogP contribution in [0.4, 0.5) is 17.1 Å². The van der Waals surface area contributed by atoms with Crippen LogP contribution in [-0.2, 0) is 0 Å². The zero-order valence-electron chi connectivity index (χ0n) is 31.8. The first-order valence-corrected chi connectivity index (χ1v) is 19.9. The van der Waals surface area contributed by atoms with E-state index in [4.69, 9.17) is 0 Å². The zero-order chi connectivity index (χ0) is 38.4. The van der Waals surface area contributed by atoms with Gasteiger partial charge in [0.15, 0.2) is 0 Å². The lowest BCUT2D eigenvalue weighted by atomic mass is 9.97. The Morgan fingerprint density at radius 2 is 0.810 bits per heavy atom. The van der Waals surface area contributed by atoms with Gasteiger partial charge in [0.25, 0.3) is 0 Å². The van der Waals surface area contributed by atoms with Crippen LogP contribution in [0.5, 0.6) is 0 Å². The van der Waals surface area contributed by atoms with E-state index in [-0.39, 0.29) is 0 Å².